The fourth-order valence-corrected chi connectivity index (χ4v) is 5.20. The molecule has 9 nitrogen and oxygen atoms in total. The summed E-state index contributed by atoms with van der Waals surface area (Å²) in [6.45, 7) is 6.81. The van der Waals surface area contributed by atoms with Crippen LogP contribution in [0.15, 0.2) is 52.3 Å². The third-order valence-corrected chi connectivity index (χ3v) is 7.64. The Bertz CT molecular complexity index is 1150. The topological polar surface area (TPSA) is 109 Å². The summed E-state index contributed by atoms with van der Waals surface area (Å²) < 4.78 is 28.1. The highest BCUT2D eigenvalue weighted by atomic mass is 32.2. The van der Waals surface area contributed by atoms with Crippen molar-refractivity contribution in [3.63, 3.8) is 0 Å². The molecule has 3 rings (SSSR count). The number of nitrogens with one attached hydrogen (secondary N) is 1. The molecule has 172 valence electrons. The lowest BCUT2D eigenvalue weighted by atomic mass is 10.1. The number of hydrogen-bond acceptors (Lipinski definition) is 5. The second kappa shape index (κ2) is 9.66. The van der Waals surface area contributed by atoms with Gasteiger partial charge in [0.15, 0.2) is 0 Å². The SMILES string of the molecule is CCN(CC)S(=O)(=O)c1ccc(N2C[C@H](C(=O)Nc3ccc(=O)n(CC)c3)CC2=O)cc1. The van der Waals surface area contributed by atoms with Crippen molar-refractivity contribution in [3.05, 3.63) is 52.9 Å². The molecular formula is C22H28N4O5S. The second-order valence-corrected chi connectivity index (χ2v) is 9.46. The molecular weight excluding hydrogens is 432 g/mol. The van der Waals surface area contributed by atoms with E-state index in [1.54, 1.807) is 32.2 Å². The minimum absolute atomic E-state index is 0.0543. The first-order valence-corrected chi connectivity index (χ1v) is 12.1. The first kappa shape index (κ1) is 23.7. The molecule has 2 aromatic rings. The molecule has 1 aliphatic heterocycles. The van der Waals surface area contributed by atoms with E-state index in [9.17, 15) is 22.8 Å². The van der Waals surface area contributed by atoms with Gasteiger partial charge in [-0.1, -0.05) is 13.8 Å². The summed E-state index contributed by atoms with van der Waals surface area (Å²) in [5.74, 6) is -1.06. The molecule has 0 spiro atoms. The second-order valence-electron chi connectivity index (χ2n) is 7.52. The molecule has 0 radical (unpaired) electrons. The van der Waals surface area contributed by atoms with E-state index in [1.807, 2.05) is 6.92 Å². The van der Waals surface area contributed by atoms with Gasteiger partial charge in [0.05, 0.1) is 16.5 Å². The molecule has 0 aliphatic carbocycles. The van der Waals surface area contributed by atoms with Crippen LogP contribution >= 0.6 is 0 Å². The number of aryl methyl sites for hydroxylation is 1. The van der Waals surface area contributed by atoms with Gasteiger partial charge in [-0.3, -0.25) is 14.4 Å². The maximum absolute atomic E-state index is 12.7. The van der Waals surface area contributed by atoms with Crippen LogP contribution in [-0.2, 0) is 26.2 Å². The normalized spacial score (nSPS) is 16.6. The highest BCUT2D eigenvalue weighted by Gasteiger charge is 2.35. The lowest BCUT2D eigenvalue weighted by Gasteiger charge is -2.20. The smallest absolute Gasteiger partial charge is 0.250 e. The van der Waals surface area contributed by atoms with E-state index < -0.39 is 15.9 Å². The van der Waals surface area contributed by atoms with Gasteiger partial charge < -0.3 is 14.8 Å². The number of carbonyl (C=O) groups excluding carboxylic acids is 2. The maximum atomic E-state index is 12.7. The van der Waals surface area contributed by atoms with Crippen molar-refractivity contribution in [1.82, 2.24) is 8.87 Å². The Morgan fingerprint density at radius 1 is 1.06 bits per heavy atom. The third kappa shape index (κ3) is 4.76. The van der Waals surface area contributed by atoms with Gasteiger partial charge in [-0.25, -0.2) is 8.42 Å². The number of aromatic nitrogens is 1. The van der Waals surface area contributed by atoms with Gasteiger partial charge in [-0.15, -0.1) is 0 Å². The number of pyridine rings is 1. The zero-order valence-corrected chi connectivity index (χ0v) is 19.3. The molecule has 2 heterocycles. The van der Waals surface area contributed by atoms with E-state index in [0.717, 1.165) is 0 Å². The van der Waals surface area contributed by atoms with Crippen LogP contribution in [0.4, 0.5) is 11.4 Å². The average Bonchev–Trinajstić information content (AvgIpc) is 3.17. The van der Waals surface area contributed by atoms with E-state index in [0.29, 0.717) is 31.0 Å². The molecule has 2 amide bonds. The van der Waals surface area contributed by atoms with Crippen molar-refractivity contribution < 1.29 is 18.0 Å². The number of amides is 2. The summed E-state index contributed by atoms with van der Waals surface area (Å²) >= 11 is 0. The van der Waals surface area contributed by atoms with Gasteiger partial charge >= 0.3 is 0 Å². The van der Waals surface area contributed by atoms with Gasteiger partial charge in [0.1, 0.15) is 0 Å². The molecule has 0 saturated carbocycles. The summed E-state index contributed by atoms with van der Waals surface area (Å²) in [6, 6.07) is 9.07. The predicted molar refractivity (Wildman–Crippen MR) is 122 cm³/mol. The molecule has 0 unspecified atom stereocenters. The average molecular weight is 461 g/mol. The zero-order valence-electron chi connectivity index (χ0n) is 18.4. The van der Waals surface area contributed by atoms with Crippen LogP contribution in [0.2, 0.25) is 0 Å². The van der Waals surface area contributed by atoms with Crippen LogP contribution in [0.25, 0.3) is 0 Å². The number of rotatable bonds is 8. The summed E-state index contributed by atoms with van der Waals surface area (Å²) in [4.78, 5) is 38.6. The molecule has 1 N–H and O–H groups in total. The number of carbonyl (C=O) groups is 2. The van der Waals surface area contributed by atoms with Crippen molar-refractivity contribution in [3.8, 4) is 0 Å². The van der Waals surface area contributed by atoms with Gasteiger partial charge in [0.2, 0.25) is 21.8 Å². The first-order chi connectivity index (χ1) is 15.2. The first-order valence-electron chi connectivity index (χ1n) is 10.6. The monoisotopic (exact) mass is 460 g/mol. The molecule has 0 bridgehead atoms. The summed E-state index contributed by atoms with van der Waals surface area (Å²) in [5, 5.41) is 2.77. The van der Waals surface area contributed by atoms with Crippen molar-refractivity contribution in [2.75, 3.05) is 29.9 Å². The lowest BCUT2D eigenvalue weighted by Crippen LogP contribution is -2.31. The predicted octanol–water partition coefficient (Wildman–Crippen LogP) is 1.89. The minimum atomic E-state index is -3.58. The summed E-state index contributed by atoms with van der Waals surface area (Å²) in [7, 11) is -3.58. The fourth-order valence-electron chi connectivity index (χ4n) is 3.74. The van der Waals surface area contributed by atoms with Crippen LogP contribution in [0.1, 0.15) is 27.2 Å². The number of hydrogen-bond donors (Lipinski definition) is 1. The van der Waals surface area contributed by atoms with E-state index >= 15 is 0 Å². The van der Waals surface area contributed by atoms with Crippen molar-refractivity contribution in [2.24, 2.45) is 5.92 Å². The summed E-state index contributed by atoms with van der Waals surface area (Å²) in [6.07, 6.45) is 1.63. The highest BCUT2D eigenvalue weighted by molar-refractivity contribution is 7.89. The Morgan fingerprint density at radius 2 is 1.72 bits per heavy atom. The number of sulfonamides is 1. The lowest BCUT2D eigenvalue weighted by molar-refractivity contribution is -0.122. The third-order valence-electron chi connectivity index (χ3n) is 5.58. The van der Waals surface area contributed by atoms with Crippen LogP contribution < -0.4 is 15.8 Å². The minimum Gasteiger partial charge on any atom is -0.324 e. The molecule has 1 aromatic heterocycles. The Labute approximate surface area is 187 Å². The molecule has 1 saturated heterocycles. The zero-order chi connectivity index (χ0) is 23.5. The number of benzene rings is 1. The van der Waals surface area contributed by atoms with Crippen LogP contribution in [0.3, 0.4) is 0 Å². The Kier molecular flexibility index (Phi) is 7.15. The summed E-state index contributed by atoms with van der Waals surface area (Å²) in [5.41, 5.74) is 0.885. The van der Waals surface area contributed by atoms with Crippen molar-refractivity contribution in [1.29, 1.82) is 0 Å². The van der Waals surface area contributed by atoms with E-state index in [1.165, 1.54) is 38.0 Å². The Hall–Kier alpha value is -2.98. The van der Waals surface area contributed by atoms with Crippen LogP contribution in [-0.4, -0.2) is 48.7 Å². The van der Waals surface area contributed by atoms with E-state index in [4.69, 9.17) is 0 Å². The largest absolute Gasteiger partial charge is 0.324 e. The van der Waals surface area contributed by atoms with Crippen LogP contribution in [0, 0.1) is 5.92 Å². The van der Waals surface area contributed by atoms with Gasteiger partial charge in [0.25, 0.3) is 5.56 Å². The van der Waals surface area contributed by atoms with Gasteiger partial charge in [-0.2, -0.15) is 4.31 Å². The number of anilines is 2. The quantitative estimate of drug-likeness (QED) is 0.647. The molecule has 1 fully saturated rings. The Balaban J connectivity index is 1.71. The van der Waals surface area contributed by atoms with Gasteiger partial charge in [-0.05, 0) is 37.3 Å². The molecule has 10 heteroatoms. The fraction of sp³-hybridized carbons (Fsp3) is 0.409. The van der Waals surface area contributed by atoms with Crippen LogP contribution in [0.5, 0.6) is 0 Å². The van der Waals surface area contributed by atoms with E-state index in [-0.39, 0.29) is 35.2 Å². The standard InChI is InChI=1S/C22H28N4O5S/c1-4-24-15-17(7-12-20(24)27)23-22(29)16-13-21(28)26(14-16)18-8-10-19(11-9-18)32(30,31)25(5-2)6-3/h7-12,15-16H,4-6,13-14H2,1-3H3,(H,23,29)/t16-/m1/s1. The Morgan fingerprint density at radius 3 is 2.31 bits per heavy atom. The van der Waals surface area contributed by atoms with Crippen molar-refractivity contribution in [2.45, 2.75) is 38.6 Å². The molecule has 32 heavy (non-hydrogen) atoms. The van der Waals surface area contributed by atoms with E-state index in [2.05, 4.69) is 5.32 Å². The molecule has 1 aliphatic rings. The molecule has 1 atom stereocenters. The van der Waals surface area contributed by atoms with Crippen molar-refractivity contribution >= 4 is 33.2 Å². The number of nitrogens with zero attached hydrogens (tertiary/aromatic N) is 3. The maximum Gasteiger partial charge on any atom is 0.250 e. The highest BCUT2D eigenvalue weighted by Crippen LogP contribution is 2.27. The van der Waals surface area contributed by atoms with Gasteiger partial charge in [0, 0.05) is 50.6 Å². The molecule has 1 aromatic carbocycles.